The number of pyridine rings is 1. The van der Waals surface area contributed by atoms with Gasteiger partial charge < -0.3 is 9.64 Å². The van der Waals surface area contributed by atoms with Gasteiger partial charge in [0.05, 0.1) is 13.2 Å². The molecule has 0 N–H and O–H groups in total. The summed E-state index contributed by atoms with van der Waals surface area (Å²) in [6.07, 6.45) is 5.73. The Kier molecular flexibility index (Phi) is 5.28. The molecule has 2 saturated heterocycles. The maximum atomic E-state index is 5.53. The van der Waals surface area contributed by atoms with Crippen molar-refractivity contribution in [3.05, 3.63) is 59.8 Å². The summed E-state index contributed by atoms with van der Waals surface area (Å²) >= 11 is 0. The van der Waals surface area contributed by atoms with Gasteiger partial charge in [-0.1, -0.05) is 42.8 Å². The first kappa shape index (κ1) is 16.6. The van der Waals surface area contributed by atoms with Crippen LogP contribution in [0.15, 0.2) is 48.7 Å². The van der Waals surface area contributed by atoms with Gasteiger partial charge in [-0.2, -0.15) is 0 Å². The molecule has 2 aromatic rings. The standard InChI is InChI=1S/C21H27N3O/c1-2-7-18(8-3-1)17-24-12-5-4-10-20(24)19-9-6-11-22-21(19)23-13-15-25-16-14-23/h1-3,6-9,11,20H,4-5,10,12-17H2/t20-/m0/s1. The van der Waals surface area contributed by atoms with E-state index in [9.17, 15) is 0 Å². The molecule has 25 heavy (non-hydrogen) atoms. The summed E-state index contributed by atoms with van der Waals surface area (Å²) in [4.78, 5) is 9.80. The fraction of sp³-hybridized carbons (Fsp3) is 0.476. The van der Waals surface area contributed by atoms with Crippen molar-refractivity contribution in [2.24, 2.45) is 0 Å². The SMILES string of the molecule is c1ccc(CN2CCCC[C@H]2c2cccnc2N2CCOCC2)cc1. The maximum absolute atomic E-state index is 5.53. The lowest BCUT2D eigenvalue weighted by atomic mass is 9.94. The number of aromatic nitrogens is 1. The number of likely N-dealkylation sites (tertiary alicyclic amines) is 1. The first-order valence-corrected chi connectivity index (χ1v) is 9.47. The Labute approximate surface area is 150 Å². The first-order valence-electron chi connectivity index (χ1n) is 9.47. The maximum Gasteiger partial charge on any atom is 0.133 e. The lowest BCUT2D eigenvalue weighted by molar-refractivity contribution is 0.120. The molecule has 4 rings (SSSR count). The van der Waals surface area contributed by atoms with Crippen LogP contribution < -0.4 is 4.90 Å². The quantitative estimate of drug-likeness (QED) is 0.851. The number of anilines is 1. The van der Waals surface area contributed by atoms with Crippen LogP contribution in [0.2, 0.25) is 0 Å². The van der Waals surface area contributed by atoms with Crippen molar-refractivity contribution >= 4 is 5.82 Å². The predicted molar refractivity (Wildman–Crippen MR) is 101 cm³/mol. The van der Waals surface area contributed by atoms with E-state index in [1.54, 1.807) is 0 Å². The van der Waals surface area contributed by atoms with Crippen LogP contribution in [0.5, 0.6) is 0 Å². The lowest BCUT2D eigenvalue weighted by Crippen LogP contribution is -2.39. The van der Waals surface area contributed by atoms with Gasteiger partial charge in [-0.25, -0.2) is 4.98 Å². The zero-order chi connectivity index (χ0) is 16.9. The van der Waals surface area contributed by atoms with Gasteiger partial charge in [0.1, 0.15) is 5.82 Å². The Morgan fingerprint density at radius 3 is 2.64 bits per heavy atom. The molecule has 0 bridgehead atoms. The second kappa shape index (κ2) is 7.98. The molecule has 2 fully saturated rings. The molecular formula is C21H27N3O. The average Bonchev–Trinajstić information content (AvgIpc) is 2.70. The Morgan fingerprint density at radius 2 is 1.80 bits per heavy atom. The molecule has 4 heteroatoms. The Morgan fingerprint density at radius 1 is 0.960 bits per heavy atom. The number of ether oxygens (including phenoxy) is 1. The molecule has 0 unspecified atom stereocenters. The number of nitrogens with zero attached hydrogens (tertiary/aromatic N) is 3. The number of rotatable bonds is 4. The van der Waals surface area contributed by atoms with E-state index in [-0.39, 0.29) is 0 Å². The molecule has 2 aliphatic rings. The molecular weight excluding hydrogens is 310 g/mol. The van der Waals surface area contributed by atoms with Gasteiger partial charge in [-0.3, -0.25) is 4.90 Å². The van der Waals surface area contributed by atoms with E-state index in [0.29, 0.717) is 6.04 Å². The highest BCUT2D eigenvalue weighted by Crippen LogP contribution is 2.36. The third-order valence-electron chi connectivity index (χ3n) is 5.33. The van der Waals surface area contributed by atoms with E-state index in [0.717, 1.165) is 45.2 Å². The minimum atomic E-state index is 0.459. The van der Waals surface area contributed by atoms with E-state index in [1.807, 2.05) is 6.20 Å². The van der Waals surface area contributed by atoms with Crippen molar-refractivity contribution in [3.63, 3.8) is 0 Å². The number of morpholine rings is 1. The smallest absolute Gasteiger partial charge is 0.133 e. The van der Waals surface area contributed by atoms with Crippen LogP contribution in [0.3, 0.4) is 0 Å². The minimum Gasteiger partial charge on any atom is -0.378 e. The number of benzene rings is 1. The molecule has 0 aliphatic carbocycles. The second-order valence-electron chi connectivity index (χ2n) is 6.98. The summed E-state index contributed by atoms with van der Waals surface area (Å²) in [5, 5.41) is 0. The van der Waals surface area contributed by atoms with Crippen LogP contribution in [0, 0.1) is 0 Å². The molecule has 0 radical (unpaired) electrons. The molecule has 3 heterocycles. The van der Waals surface area contributed by atoms with Crippen LogP contribution in [0.4, 0.5) is 5.82 Å². The van der Waals surface area contributed by atoms with Gasteiger partial charge in [0, 0.05) is 37.4 Å². The summed E-state index contributed by atoms with van der Waals surface area (Å²) in [6, 6.07) is 15.7. The molecule has 1 aromatic heterocycles. The van der Waals surface area contributed by atoms with Crippen LogP contribution in [0.25, 0.3) is 0 Å². The summed E-state index contributed by atoms with van der Waals surface area (Å²) in [7, 11) is 0. The summed E-state index contributed by atoms with van der Waals surface area (Å²) in [6.45, 7) is 5.66. The summed E-state index contributed by atoms with van der Waals surface area (Å²) in [5.41, 5.74) is 2.78. The third kappa shape index (κ3) is 3.86. The van der Waals surface area contributed by atoms with Gasteiger partial charge in [-0.05, 0) is 31.0 Å². The third-order valence-corrected chi connectivity index (χ3v) is 5.33. The summed E-state index contributed by atoms with van der Waals surface area (Å²) < 4.78 is 5.53. The van der Waals surface area contributed by atoms with Gasteiger partial charge in [0.15, 0.2) is 0 Å². The Hall–Kier alpha value is -1.91. The highest BCUT2D eigenvalue weighted by atomic mass is 16.5. The predicted octanol–water partition coefficient (Wildman–Crippen LogP) is 3.65. The molecule has 4 nitrogen and oxygen atoms in total. The molecule has 2 aliphatic heterocycles. The molecule has 0 spiro atoms. The highest BCUT2D eigenvalue weighted by Gasteiger charge is 2.28. The van der Waals surface area contributed by atoms with E-state index in [4.69, 9.17) is 9.72 Å². The van der Waals surface area contributed by atoms with Crippen molar-refractivity contribution in [1.29, 1.82) is 0 Å². The lowest BCUT2D eigenvalue weighted by Gasteiger charge is -2.38. The van der Waals surface area contributed by atoms with Crippen molar-refractivity contribution < 1.29 is 4.74 Å². The van der Waals surface area contributed by atoms with E-state index in [2.05, 4.69) is 52.3 Å². The monoisotopic (exact) mass is 337 g/mol. The minimum absolute atomic E-state index is 0.459. The molecule has 0 saturated carbocycles. The van der Waals surface area contributed by atoms with Gasteiger partial charge >= 0.3 is 0 Å². The van der Waals surface area contributed by atoms with Crippen LogP contribution >= 0.6 is 0 Å². The van der Waals surface area contributed by atoms with E-state index < -0.39 is 0 Å². The van der Waals surface area contributed by atoms with Crippen molar-refractivity contribution in [2.45, 2.75) is 31.8 Å². The molecule has 1 atom stereocenters. The normalized spacial score (nSPS) is 22.1. The van der Waals surface area contributed by atoms with Crippen LogP contribution in [-0.2, 0) is 11.3 Å². The zero-order valence-corrected chi connectivity index (χ0v) is 14.8. The Balaban J connectivity index is 1.60. The van der Waals surface area contributed by atoms with Gasteiger partial charge in [-0.15, -0.1) is 0 Å². The van der Waals surface area contributed by atoms with E-state index >= 15 is 0 Å². The largest absolute Gasteiger partial charge is 0.378 e. The van der Waals surface area contributed by atoms with Gasteiger partial charge in [0.25, 0.3) is 0 Å². The number of hydrogen-bond acceptors (Lipinski definition) is 4. The van der Waals surface area contributed by atoms with Crippen molar-refractivity contribution in [1.82, 2.24) is 9.88 Å². The van der Waals surface area contributed by atoms with E-state index in [1.165, 1.54) is 30.4 Å². The van der Waals surface area contributed by atoms with Gasteiger partial charge in [0.2, 0.25) is 0 Å². The summed E-state index contributed by atoms with van der Waals surface area (Å²) in [5.74, 6) is 1.16. The fourth-order valence-electron chi connectivity index (χ4n) is 4.06. The van der Waals surface area contributed by atoms with Crippen LogP contribution in [0.1, 0.15) is 36.4 Å². The number of hydrogen-bond donors (Lipinski definition) is 0. The zero-order valence-electron chi connectivity index (χ0n) is 14.8. The number of piperidine rings is 1. The Bertz CT molecular complexity index is 670. The van der Waals surface area contributed by atoms with Crippen molar-refractivity contribution in [3.8, 4) is 0 Å². The molecule has 1 aromatic carbocycles. The van der Waals surface area contributed by atoms with Crippen LogP contribution in [-0.4, -0.2) is 42.7 Å². The molecule has 0 amide bonds. The highest BCUT2D eigenvalue weighted by molar-refractivity contribution is 5.49. The molecule has 132 valence electrons. The first-order chi connectivity index (χ1) is 12.4. The topological polar surface area (TPSA) is 28.6 Å². The average molecular weight is 337 g/mol. The van der Waals surface area contributed by atoms with Crippen molar-refractivity contribution in [2.75, 3.05) is 37.7 Å². The fourth-order valence-corrected chi connectivity index (χ4v) is 4.06. The second-order valence-corrected chi connectivity index (χ2v) is 6.98.